The molecule has 106 valence electrons. The Balaban J connectivity index is 2.25. The van der Waals surface area contributed by atoms with Gasteiger partial charge >= 0.3 is 0 Å². The number of halogens is 1. The molecular weight excluding hydrogens is 261 g/mol. The minimum atomic E-state index is -0.405. The number of aliphatic hydroxyl groups excluding tert-OH is 1. The van der Waals surface area contributed by atoms with E-state index in [1.165, 1.54) is 28.0 Å². The molecule has 0 aliphatic rings. The molecule has 2 rings (SSSR count). The first-order chi connectivity index (χ1) is 9.67. The highest BCUT2D eigenvalue weighted by molar-refractivity contribution is 5.93. The molecule has 20 heavy (non-hydrogen) atoms. The molecule has 1 amide bonds. The van der Waals surface area contributed by atoms with Crippen LogP contribution in [0.15, 0.2) is 36.7 Å². The van der Waals surface area contributed by atoms with Gasteiger partial charge in [-0.25, -0.2) is 9.07 Å². The van der Waals surface area contributed by atoms with Gasteiger partial charge in [0.1, 0.15) is 11.5 Å². The van der Waals surface area contributed by atoms with Crippen LogP contribution in [0, 0.1) is 5.82 Å². The monoisotopic (exact) mass is 277 g/mol. The van der Waals surface area contributed by atoms with E-state index in [4.69, 9.17) is 5.11 Å². The van der Waals surface area contributed by atoms with Crippen molar-refractivity contribution in [2.75, 3.05) is 19.7 Å². The van der Waals surface area contributed by atoms with Crippen molar-refractivity contribution in [3.63, 3.8) is 0 Å². The van der Waals surface area contributed by atoms with Gasteiger partial charge in [-0.2, -0.15) is 5.10 Å². The SMILES string of the molecule is CCN(CCO)C(=O)c1cnn(-c2ccccc2F)c1. The lowest BCUT2D eigenvalue weighted by molar-refractivity contribution is 0.0732. The van der Waals surface area contributed by atoms with Crippen molar-refractivity contribution < 1.29 is 14.3 Å². The van der Waals surface area contributed by atoms with Crippen LogP contribution in [-0.4, -0.2) is 45.4 Å². The van der Waals surface area contributed by atoms with E-state index >= 15 is 0 Å². The normalized spacial score (nSPS) is 10.6. The number of hydrogen-bond donors (Lipinski definition) is 1. The van der Waals surface area contributed by atoms with Gasteiger partial charge in [0.2, 0.25) is 0 Å². The molecule has 1 aromatic carbocycles. The van der Waals surface area contributed by atoms with E-state index < -0.39 is 5.82 Å². The molecular formula is C14H16FN3O2. The van der Waals surface area contributed by atoms with Crippen molar-refractivity contribution in [2.45, 2.75) is 6.92 Å². The van der Waals surface area contributed by atoms with Gasteiger partial charge in [-0.05, 0) is 19.1 Å². The minimum absolute atomic E-state index is 0.0962. The zero-order valence-corrected chi connectivity index (χ0v) is 11.2. The fraction of sp³-hybridized carbons (Fsp3) is 0.286. The molecule has 6 heteroatoms. The third-order valence-corrected chi connectivity index (χ3v) is 2.97. The highest BCUT2D eigenvalue weighted by Crippen LogP contribution is 2.13. The largest absolute Gasteiger partial charge is 0.395 e. The first-order valence-corrected chi connectivity index (χ1v) is 6.37. The molecule has 1 heterocycles. The molecule has 0 atom stereocenters. The Kier molecular flexibility index (Phi) is 4.47. The van der Waals surface area contributed by atoms with Gasteiger partial charge in [0.25, 0.3) is 5.91 Å². The average molecular weight is 277 g/mol. The van der Waals surface area contributed by atoms with E-state index in [1.807, 2.05) is 6.92 Å². The number of carbonyl (C=O) groups is 1. The summed E-state index contributed by atoms with van der Waals surface area (Å²) >= 11 is 0. The van der Waals surface area contributed by atoms with E-state index in [9.17, 15) is 9.18 Å². The number of hydrogen-bond acceptors (Lipinski definition) is 3. The Morgan fingerprint density at radius 1 is 1.45 bits per heavy atom. The van der Waals surface area contributed by atoms with Crippen molar-refractivity contribution in [3.8, 4) is 5.69 Å². The zero-order chi connectivity index (χ0) is 14.5. The van der Waals surface area contributed by atoms with E-state index in [2.05, 4.69) is 5.10 Å². The Bertz CT molecular complexity index is 598. The fourth-order valence-electron chi connectivity index (χ4n) is 1.91. The van der Waals surface area contributed by atoms with Gasteiger partial charge in [0, 0.05) is 19.3 Å². The second-order valence-electron chi connectivity index (χ2n) is 4.23. The topological polar surface area (TPSA) is 58.4 Å². The molecule has 1 N–H and O–H groups in total. The van der Waals surface area contributed by atoms with E-state index in [0.717, 1.165) is 0 Å². The van der Waals surface area contributed by atoms with Gasteiger partial charge < -0.3 is 10.0 Å². The number of rotatable bonds is 5. The Labute approximate surface area is 116 Å². The minimum Gasteiger partial charge on any atom is -0.395 e. The van der Waals surface area contributed by atoms with Gasteiger partial charge in [-0.1, -0.05) is 12.1 Å². The first-order valence-electron chi connectivity index (χ1n) is 6.37. The van der Waals surface area contributed by atoms with Gasteiger partial charge in [0.05, 0.1) is 18.4 Å². The summed E-state index contributed by atoms with van der Waals surface area (Å²) in [5.74, 6) is -0.638. The van der Waals surface area contributed by atoms with Crippen LogP contribution in [0.1, 0.15) is 17.3 Å². The molecule has 5 nitrogen and oxygen atoms in total. The van der Waals surface area contributed by atoms with Gasteiger partial charge in [-0.15, -0.1) is 0 Å². The molecule has 0 aliphatic carbocycles. The predicted octanol–water partition coefficient (Wildman–Crippen LogP) is 1.47. The summed E-state index contributed by atoms with van der Waals surface area (Å²) in [4.78, 5) is 13.7. The van der Waals surface area contributed by atoms with E-state index in [1.54, 1.807) is 18.2 Å². The zero-order valence-electron chi connectivity index (χ0n) is 11.2. The second-order valence-corrected chi connectivity index (χ2v) is 4.23. The van der Waals surface area contributed by atoms with Crippen LogP contribution in [0.2, 0.25) is 0 Å². The first kappa shape index (κ1) is 14.2. The molecule has 0 saturated carbocycles. The number of aliphatic hydroxyl groups is 1. The molecule has 0 spiro atoms. The lowest BCUT2D eigenvalue weighted by atomic mass is 10.3. The smallest absolute Gasteiger partial charge is 0.257 e. The molecule has 0 bridgehead atoms. The van der Waals surface area contributed by atoms with E-state index in [-0.39, 0.29) is 24.7 Å². The number of likely N-dealkylation sites (N-methyl/N-ethyl adjacent to an activating group) is 1. The molecule has 0 radical (unpaired) electrons. The molecule has 0 unspecified atom stereocenters. The molecule has 0 saturated heterocycles. The maximum absolute atomic E-state index is 13.6. The average Bonchev–Trinajstić information content (AvgIpc) is 2.94. The van der Waals surface area contributed by atoms with Crippen LogP contribution in [0.25, 0.3) is 5.69 Å². The van der Waals surface area contributed by atoms with Gasteiger partial charge in [0.15, 0.2) is 0 Å². The quantitative estimate of drug-likeness (QED) is 0.900. The second kappa shape index (κ2) is 6.29. The lowest BCUT2D eigenvalue weighted by Crippen LogP contribution is -2.33. The summed E-state index contributed by atoms with van der Waals surface area (Å²) < 4.78 is 15.0. The number of aromatic nitrogens is 2. The lowest BCUT2D eigenvalue weighted by Gasteiger charge is -2.18. The van der Waals surface area contributed by atoms with E-state index in [0.29, 0.717) is 12.1 Å². The fourth-order valence-corrected chi connectivity index (χ4v) is 1.91. The number of para-hydroxylation sites is 1. The Morgan fingerprint density at radius 3 is 2.85 bits per heavy atom. The molecule has 0 fully saturated rings. The number of carbonyl (C=O) groups excluding carboxylic acids is 1. The maximum atomic E-state index is 13.6. The van der Waals surface area contributed by atoms with Crippen molar-refractivity contribution >= 4 is 5.91 Å². The predicted molar refractivity (Wildman–Crippen MR) is 72.2 cm³/mol. The Morgan fingerprint density at radius 2 is 2.20 bits per heavy atom. The standard InChI is InChI=1S/C14H16FN3O2/c1-2-17(7-8-19)14(20)11-9-16-18(10-11)13-6-4-3-5-12(13)15/h3-6,9-10,19H,2,7-8H2,1H3. The number of amides is 1. The highest BCUT2D eigenvalue weighted by Gasteiger charge is 2.16. The van der Waals surface area contributed by atoms with Crippen molar-refractivity contribution in [1.82, 2.24) is 14.7 Å². The summed E-state index contributed by atoms with van der Waals surface area (Å²) in [6.45, 7) is 2.49. The van der Waals surface area contributed by atoms with Crippen LogP contribution in [0.4, 0.5) is 4.39 Å². The summed E-state index contributed by atoms with van der Waals surface area (Å²) in [5.41, 5.74) is 0.653. The summed E-state index contributed by atoms with van der Waals surface area (Å²) in [6, 6.07) is 6.21. The maximum Gasteiger partial charge on any atom is 0.257 e. The van der Waals surface area contributed by atoms with Crippen LogP contribution in [0.3, 0.4) is 0 Å². The van der Waals surface area contributed by atoms with Crippen molar-refractivity contribution in [1.29, 1.82) is 0 Å². The summed E-state index contributed by atoms with van der Waals surface area (Å²) in [5, 5.41) is 12.9. The number of benzene rings is 1. The third-order valence-electron chi connectivity index (χ3n) is 2.97. The molecule has 1 aromatic heterocycles. The van der Waals surface area contributed by atoms with Crippen LogP contribution < -0.4 is 0 Å². The van der Waals surface area contributed by atoms with Crippen LogP contribution in [0.5, 0.6) is 0 Å². The van der Waals surface area contributed by atoms with Gasteiger partial charge in [-0.3, -0.25) is 4.79 Å². The van der Waals surface area contributed by atoms with Crippen LogP contribution >= 0.6 is 0 Å². The summed E-state index contributed by atoms with van der Waals surface area (Å²) in [7, 11) is 0. The van der Waals surface area contributed by atoms with Crippen molar-refractivity contribution in [2.24, 2.45) is 0 Å². The highest BCUT2D eigenvalue weighted by atomic mass is 19.1. The van der Waals surface area contributed by atoms with Crippen LogP contribution in [-0.2, 0) is 0 Å². The number of nitrogens with zero attached hydrogens (tertiary/aromatic N) is 3. The van der Waals surface area contributed by atoms with Crippen molar-refractivity contribution in [3.05, 3.63) is 48.0 Å². The molecule has 0 aliphatic heterocycles. The molecule has 2 aromatic rings. The summed E-state index contributed by atoms with van der Waals surface area (Å²) in [6.07, 6.45) is 2.88. The Hall–Kier alpha value is -2.21. The third kappa shape index (κ3) is 2.85.